The number of ether oxygens (including phenoxy) is 2. The van der Waals surface area contributed by atoms with Gasteiger partial charge in [0, 0.05) is 36.7 Å². The molecule has 0 bridgehead atoms. The van der Waals surface area contributed by atoms with Crippen LogP contribution in [0, 0.1) is 24.6 Å². The highest BCUT2D eigenvalue weighted by Crippen LogP contribution is 2.42. The molecule has 40 heavy (non-hydrogen) atoms. The third kappa shape index (κ3) is 5.68. The van der Waals surface area contributed by atoms with Crippen molar-refractivity contribution in [1.82, 2.24) is 9.88 Å². The molecule has 216 valence electrons. The lowest BCUT2D eigenvalue weighted by Crippen LogP contribution is -2.58. The van der Waals surface area contributed by atoms with E-state index in [0.29, 0.717) is 35.2 Å². The average Bonchev–Trinajstić information content (AvgIpc) is 2.91. The van der Waals surface area contributed by atoms with E-state index >= 15 is 4.39 Å². The molecule has 1 aliphatic heterocycles. The highest BCUT2D eigenvalue weighted by atomic mass is 35.5. The van der Waals surface area contributed by atoms with Crippen molar-refractivity contribution in [3.63, 3.8) is 0 Å². The Morgan fingerprint density at radius 3 is 2.45 bits per heavy atom. The summed E-state index contributed by atoms with van der Waals surface area (Å²) in [5, 5.41) is -0.284. The summed E-state index contributed by atoms with van der Waals surface area (Å²) in [6.45, 7) is 4.77. The van der Waals surface area contributed by atoms with Crippen LogP contribution in [0.25, 0.3) is 0 Å². The Balaban J connectivity index is 1.79. The Morgan fingerprint density at radius 2 is 1.85 bits per heavy atom. The third-order valence-electron chi connectivity index (χ3n) is 7.15. The average molecular weight is 595 g/mol. The number of nitrogens with zero attached hydrogens (tertiary/aromatic N) is 4. The van der Waals surface area contributed by atoms with Crippen LogP contribution in [0.4, 0.5) is 20.3 Å². The number of aromatic nitrogens is 1. The summed E-state index contributed by atoms with van der Waals surface area (Å²) in [6, 6.07) is 10.3. The minimum Gasteiger partial charge on any atom is -0.497 e. The second kappa shape index (κ2) is 11.8. The Hall–Kier alpha value is -3.15. The molecule has 4 rings (SSSR count). The van der Waals surface area contributed by atoms with Gasteiger partial charge in [-0.2, -0.15) is 4.39 Å². The van der Waals surface area contributed by atoms with Gasteiger partial charge in [-0.15, -0.1) is 0 Å². The molecule has 2 aromatic carbocycles. The van der Waals surface area contributed by atoms with Gasteiger partial charge in [-0.05, 0) is 63.8 Å². The molecule has 0 unspecified atom stereocenters. The number of pyridine rings is 1. The van der Waals surface area contributed by atoms with Crippen molar-refractivity contribution in [2.75, 3.05) is 50.6 Å². The number of sulfonamides is 1. The van der Waals surface area contributed by atoms with Gasteiger partial charge in [0.15, 0.2) is 5.82 Å². The van der Waals surface area contributed by atoms with E-state index in [1.54, 1.807) is 24.3 Å². The van der Waals surface area contributed by atoms with Gasteiger partial charge in [0.2, 0.25) is 5.95 Å². The zero-order chi connectivity index (χ0) is 29.4. The van der Waals surface area contributed by atoms with Crippen LogP contribution in [0.3, 0.4) is 0 Å². The van der Waals surface area contributed by atoms with Crippen LogP contribution in [0.5, 0.6) is 11.5 Å². The minimum absolute atomic E-state index is 0.0942. The van der Waals surface area contributed by atoms with Crippen molar-refractivity contribution in [2.45, 2.75) is 31.3 Å². The molecular weight excluding hydrogens is 562 g/mol. The van der Waals surface area contributed by atoms with Gasteiger partial charge in [0.1, 0.15) is 27.2 Å². The second-order valence-corrected chi connectivity index (χ2v) is 12.3. The molecule has 12 heteroatoms. The van der Waals surface area contributed by atoms with Crippen LogP contribution in [-0.4, -0.2) is 65.7 Å². The summed E-state index contributed by atoms with van der Waals surface area (Å²) in [5.74, 6) is -0.976. The number of anilines is 2. The monoisotopic (exact) mass is 594 g/mol. The molecular formula is C28H33ClF2N4O4S. The van der Waals surface area contributed by atoms with E-state index in [0.717, 1.165) is 16.9 Å². The second-order valence-electron chi connectivity index (χ2n) is 10.1. The Bertz CT molecular complexity index is 1510. The zero-order valence-electron chi connectivity index (χ0n) is 23.3. The van der Waals surface area contributed by atoms with Crippen molar-refractivity contribution in [3.05, 3.63) is 70.4 Å². The predicted molar refractivity (Wildman–Crippen MR) is 152 cm³/mol. The number of halogens is 3. The van der Waals surface area contributed by atoms with Gasteiger partial charge >= 0.3 is 0 Å². The topological polar surface area (TPSA) is 75.2 Å². The number of benzene rings is 2. The van der Waals surface area contributed by atoms with Gasteiger partial charge in [0.25, 0.3) is 10.0 Å². The van der Waals surface area contributed by atoms with E-state index in [1.165, 1.54) is 33.3 Å². The van der Waals surface area contributed by atoms with E-state index in [2.05, 4.69) is 9.88 Å². The number of aryl methyl sites for hydroxylation is 1. The van der Waals surface area contributed by atoms with Gasteiger partial charge in [-0.3, -0.25) is 0 Å². The lowest BCUT2D eigenvalue weighted by Gasteiger charge is -2.49. The molecule has 1 fully saturated rings. The Labute approximate surface area is 239 Å². The predicted octanol–water partition coefficient (Wildman–Crippen LogP) is 5.12. The van der Waals surface area contributed by atoms with Gasteiger partial charge in [-0.25, -0.2) is 22.1 Å². The summed E-state index contributed by atoms with van der Waals surface area (Å²) < 4.78 is 70.0. The quantitative estimate of drug-likeness (QED) is 0.302. The van der Waals surface area contributed by atoms with Crippen molar-refractivity contribution in [1.29, 1.82) is 0 Å². The van der Waals surface area contributed by atoms with E-state index in [1.807, 2.05) is 25.9 Å². The molecule has 0 spiro atoms. The Kier molecular flexibility index (Phi) is 8.77. The summed E-state index contributed by atoms with van der Waals surface area (Å²) in [6.07, 6.45) is 0. The molecule has 1 aliphatic rings. The number of methoxy groups -OCH3 is 2. The van der Waals surface area contributed by atoms with Crippen molar-refractivity contribution in [2.24, 2.45) is 5.92 Å². The summed E-state index contributed by atoms with van der Waals surface area (Å²) in [4.78, 5) is 7.25. The van der Waals surface area contributed by atoms with Gasteiger partial charge in [0.05, 0.1) is 26.5 Å². The molecule has 0 saturated carbocycles. The molecule has 1 saturated heterocycles. The minimum atomic E-state index is -4.63. The van der Waals surface area contributed by atoms with Crippen LogP contribution >= 0.6 is 11.6 Å². The standard InChI is InChI=1S/C28H33ClF2N4O4S/c1-17-12-22(34-15-20(18(34)2)14-33(3)4)26(29)27(31)28(17)40(36,37)35(25-9-7-8-24(30)32-25)16-19-10-11-21(38-5)13-23(19)39-6/h7-13,18,20H,14-16H2,1-6H3/t18-,20-/m0/s1. The lowest BCUT2D eigenvalue weighted by atomic mass is 9.88. The first-order valence-electron chi connectivity index (χ1n) is 12.6. The third-order valence-corrected chi connectivity index (χ3v) is 9.43. The fourth-order valence-corrected chi connectivity index (χ4v) is 6.99. The first kappa shape index (κ1) is 29.8. The molecule has 0 aliphatic carbocycles. The highest BCUT2D eigenvalue weighted by molar-refractivity contribution is 7.92. The maximum absolute atomic E-state index is 16.0. The van der Waals surface area contributed by atoms with Crippen LogP contribution in [0.1, 0.15) is 18.1 Å². The van der Waals surface area contributed by atoms with E-state index in [-0.39, 0.29) is 29.0 Å². The first-order valence-corrected chi connectivity index (χ1v) is 14.5. The first-order chi connectivity index (χ1) is 18.9. The summed E-state index contributed by atoms with van der Waals surface area (Å²) in [5.41, 5.74) is 1.04. The van der Waals surface area contributed by atoms with Crippen molar-refractivity contribution >= 4 is 33.1 Å². The molecule has 0 N–H and O–H groups in total. The largest absolute Gasteiger partial charge is 0.497 e. The highest BCUT2D eigenvalue weighted by Gasteiger charge is 2.39. The van der Waals surface area contributed by atoms with Gasteiger partial charge in [-0.1, -0.05) is 17.7 Å². The molecule has 8 nitrogen and oxygen atoms in total. The van der Waals surface area contributed by atoms with Crippen LogP contribution in [0.15, 0.2) is 47.4 Å². The SMILES string of the molecule is COc1ccc(CN(c2cccc(F)n2)S(=O)(=O)c2c(C)cc(N3C[C@H](CN(C)C)[C@@H]3C)c(Cl)c2F)c(OC)c1. The van der Waals surface area contributed by atoms with Crippen molar-refractivity contribution < 1.29 is 26.7 Å². The maximum atomic E-state index is 16.0. The fourth-order valence-electron chi connectivity index (χ4n) is 5.00. The van der Waals surface area contributed by atoms with Gasteiger partial charge < -0.3 is 19.3 Å². The van der Waals surface area contributed by atoms with Crippen LogP contribution < -0.4 is 18.7 Å². The molecule has 3 aromatic rings. The smallest absolute Gasteiger partial charge is 0.269 e. The van der Waals surface area contributed by atoms with E-state index in [4.69, 9.17) is 21.1 Å². The van der Waals surface area contributed by atoms with Crippen LogP contribution in [-0.2, 0) is 16.6 Å². The summed E-state index contributed by atoms with van der Waals surface area (Å²) in [7, 11) is 2.27. The van der Waals surface area contributed by atoms with E-state index < -0.39 is 26.7 Å². The number of rotatable bonds is 10. The maximum Gasteiger partial charge on any atom is 0.269 e. The molecule has 2 heterocycles. The molecule has 1 aromatic heterocycles. The zero-order valence-corrected chi connectivity index (χ0v) is 24.9. The number of hydrogen-bond donors (Lipinski definition) is 0. The molecule has 0 amide bonds. The van der Waals surface area contributed by atoms with E-state index in [9.17, 15) is 12.8 Å². The van der Waals surface area contributed by atoms with Crippen molar-refractivity contribution in [3.8, 4) is 11.5 Å². The lowest BCUT2D eigenvalue weighted by molar-refractivity contribution is 0.231. The summed E-state index contributed by atoms with van der Waals surface area (Å²) >= 11 is 6.50. The molecule has 0 radical (unpaired) electrons. The molecule has 2 atom stereocenters. The normalized spacial score (nSPS) is 17.1. The van der Waals surface area contributed by atoms with Crippen LogP contribution in [0.2, 0.25) is 5.02 Å². The Morgan fingerprint density at radius 1 is 1.12 bits per heavy atom. The fraction of sp³-hybridized carbons (Fsp3) is 0.393. The number of hydrogen-bond acceptors (Lipinski definition) is 7.